The Morgan fingerprint density at radius 3 is 2.47 bits per heavy atom. The van der Waals surface area contributed by atoms with E-state index in [9.17, 15) is 19.8 Å². The molecular formula is C25H26O5. The third-order valence-corrected chi connectivity index (χ3v) is 5.45. The molecule has 0 bridgehead atoms. The number of ether oxygens (including phenoxy) is 1. The quantitative estimate of drug-likeness (QED) is 0.630. The number of phenols is 1. The van der Waals surface area contributed by atoms with Crippen LogP contribution in [0, 0.1) is 18.3 Å². The van der Waals surface area contributed by atoms with Gasteiger partial charge in [0.2, 0.25) is 0 Å². The maximum absolute atomic E-state index is 12.3. The van der Waals surface area contributed by atoms with Crippen molar-refractivity contribution >= 4 is 17.3 Å². The Balaban J connectivity index is 1.83. The fourth-order valence-corrected chi connectivity index (χ4v) is 3.52. The van der Waals surface area contributed by atoms with Crippen molar-refractivity contribution in [2.75, 3.05) is 6.61 Å². The molecule has 0 aliphatic heterocycles. The van der Waals surface area contributed by atoms with Gasteiger partial charge in [-0.2, -0.15) is 0 Å². The molecule has 0 saturated heterocycles. The van der Waals surface area contributed by atoms with E-state index in [1.807, 2.05) is 36.4 Å². The van der Waals surface area contributed by atoms with E-state index >= 15 is 0 Å². The van der Waals surface area contributed by atoms with Gasteiger partial charge in [-0.05, 0) is 36.6 Å². The summed E-state index contributed by atoms with van der Waals surface area (Å²) in [4.78, 5) is 24.4. The molecule has 0 saturated carbocycles. The average Bonchev–Trinajstić information content (AvgIpc) is 2.75. The minimum atomic E-state index is -1.23. The Morgan fingerprint density at radius 2 is 1.83 bits per heavy atom. The summed E-state index contributed by atoms with van der Waals surface area (Å²) in [5, 5.41) is 20.4. The summed E-state index contributed by atoms with van der Waals surface area (Å²) in [7, 11) is 0. The predicted molar refractivity (Wildman–Crippen MR) is 116 cm³/mol. The zero-order chi connectivity index (χ0) is 21.9. The smallest absolute Gasteiger partial charge is 0.317 e. The normalized spacial score (nSPS) is 18.2. The van der Waals surface area contributed by atoms with Gasteiger partial charge in [-0.15, -0.1) is 0 Å². The van der Waals surface area contributed by atoms with Gasteiger partial charge in [0.1, 0.15) is 23.5 Å². The molecule has 1 aliphatic rings. The summed E-state index contributed by atoms with van der Waals surface area (Å²) < 4.78 is 5.87. The van der Waals surface area contributed by atoms with Gasteiger partial charge in [-0.25, -0.2) is 0 Å². The van der Waals surface area contributed by atoms with Crippen LogP contribution in [0.4, 0.5) is 0 Å². The van der Waals surface area contributed by atoms with Crippen molar-refractivity contribution < 1.29 is 24.5 Å². The van der Waals surface area contributed by atoms with Crippen molar-refractivity contribution in [3.8, 4) is 11.5 Å². The number of carbonyl (C=O) groups is 2. The van der Waals surface area contributed by atoms with Crippen molar-refractivity contribution in [2.45, 2.75) is 27.2 Å². The lowest BCUT2D eigenvalue weighted by atomic mass is 9.77. The van der Waals surface area contributed by atoms with Gasteiger partial charge in [0, 0.05) is 11.5 Å². The summed E-state index contributed by atoms with van der Waals surface area (Å²) in [5.41, 5.74) is 1.32. The van der Waals surface area contributed by atoms with Gasteiger partial charge in [-0.3, -0.25) is 9.59 Å². The van der Waals surface area contributed by atoms with E-state index in [2.05, 4.69) is 0 Å². The highest BCUT2D eigenvalue weighted by atomic mass is 16.5. The van der Waals surface area contributed by atoms with Crippen molar-refractivity contribution in [1.29, 1.82) is 0 Å². The number of Topliss-reactive ketones (excluding diaryl/α,β-unsaturated/α-hetero) is 1. The summed E-state index contributed by atoms with van der Waals surface area (Å²) in [6.45, 7) is 5.10. The van der Waals surface area contributed by atoms with Gasteiger partial charge in [0.15, 0.2) is 5.78 Å². The summed E-state index contributed by atoms with van der Waals surface area (Å²) in [6.07, 6.45) is 5.60. The number of carboxylic acid groups (broad SMARTS) is 1. The van der Waals surface area contributed by atoms with Crippen LogP contribution in [0.2, 0.25) is 0 Å². The highest BCUT2D eigenvalue weighted by Crippen LogP contribution is 2.39. The number of aromatic hydroxyl groups is 1. The maximum atomic E-state index is 12.3. The number of carbonyl (C=O) groups excluding carboxylic acids is 1. The topological polar surface area (TPSA) is 83.8 Å². The zero-order valence-electron chi connectivity index (χ0n) is 17.4. The van der Waals surface area contributed by atoms with E-state index in [0.717, 1.165) is 11.1 Å². The van der Waals surface area contributed by atoms with Crippen LogP contribution in [-0.2, 0) is 4.79 Å². The van der Waals surface area contributed by atoms with Crippen molar-refractivity contribution in [1.82, 2.24) is 0 Å². The zero-order valence-corrected chi connectivity index (χ0v) is 17.4. The second-order valence-electron chi connectivity index (χ2n) is 7.95. The molecule has 5 nitrogen and oxygen atoms in total. The molecule has 0 radical (unpaired) electrons. The van der Waals surface area contributed by atoms with Gasteiger partial charge < -0.3 is 14.9 Å². The van der Waals surface area contributed by atoms with E-state index in [1.165, 1.54) is 6.07 Å². The first-order valence-electron chi connectivity index (χ1n) is 9.92. The van der Waals surface area contributed by atoms with Crippen LogP contribution in [0.3, 0.4) is 0 Å². The SMILES string of the molecule is Cc1c(OCC2(C(=O)O)C=CC=C(c3ccccc3)C2)ccc(C(=O)C(C)C)c1O. The van der Waals surface area contributed by atoms with Crippen LogP contribution in [0.1, 0.15) is 41.8 Å². The molecule has 0 fully saturated rings. The number of hydrogen-bond acceptors (Lipinski definition) is 4. The molecule has 0 spiro atoms. The first-order valence-corrected chi connectivity index (χ1v) is 9.92. The third-order valence-electron chi connectivity index (χ3n) is 5.45. The van der Waals surface area contributed by atoms with E-state index in [-0.39, 0.29) is 36.0 Å². The van der Waals surface area contributed by atoms with E-state index < -0.39 is 11.4 Å². The standard InChI is InChI=1S/C25H26O5/c1-16(2)22(26)20-11-12-21(17(3)23(20)27)30-15-25(24(28)29)13-7-10-19(14-25)18-8-5-4-6-9-18/h4-13,16,27H,14-15H2,1-3H3,(H,28,29). The minimum Gasteiger partial charge on any atom is -0.507 e. The number of rotatable bonds is 7. The number of phenolic OH excluding ortho intramolecular Hbond substituents is 1. The lowest BCUT2D eigenvalue weighted by molar-refractivity contribution is -0.147. The molecule has 1 unspecified atom stereocenters. The highest BCUT2D eigenvalue weighted by molar-refractivity contribution is 6.00. The van der Waals surface area contributed by atoms with Gasteiger partial charge in [0.25, 0.3) is 0 Å². The monoisotopic (exact) mass is 406 g/mol. The molecule has 156 valence electrons. The molecule has 0 amide bonds. The predicted octanol–water partition coefficient (Wildman–Crippen LogP) is 5.03. The molecular weight excluding hydrogens is 380 g/mol. The minimum absolute atomic E-state index is 0.0965. The fraction of sp³-hybridized carbons (Fsp3) is 0.280. The van der Waals surface area contributed by atoms with Crippen LogP contribution in [-0.4, -0.2) is 28.6 Å². The first kappa shape index (κ1) is 21.4. The maximum Gasteiger partial charge on any atom is 0.317 e. The molecule has 30 heavy (non-hydrogen) atoms. The van der Waals surface area contributed by atoms with E-state index in [4.69, 9.17) is 4.74 Å². The van der Waals surface area contributed by atoms with Crippen molar-refractivity contribution in [3.63, 3.8) is 0 Å². The van der Waals surface area contributed by atoms with Gasteiger partial charge in [0.05, 0.1) is 5.56 Å². The summed E-state index contributed by atoms with van der Waals surface area (Å²) >= 11 is 0. The number of carboxylic acids is 1. The number of ketones is 1. The third kappa shape index (κ3) is 4.15. The molecule has 0 aromatic heterocycles. The van der Waals surface area contributed by atoms with Crippen LogP contribution in [0.15, 0.2) is 60.7 Å². The van der Waals surface area contributed by atoms with Crippen LogP contribution in [0.5, 0.6) is 11.5 Å². The van der Waals surface area contributed by atoms with Crippen molar-refractivity contribution in [3.05, 3.63) is 77.4 Å². The Bertz CT molecular complexity index is 1020. The number of aliphatic carboxylic acids is 1. The van der Waals surface area contributed by atoms with E-state index in [0.29, 0.717) is 11.3 Å². The second kappa shape index (κ2) is 8.57. The molecule has 3 rings (SSSR count). The van der Waals surface area contributed by atoms with Crippen LogP contribution < -0.4 is 4.74 Å². The molecule has 1 aliphatic carbocycles. The fourth-order valence-electron chi connectivity index (χ4n) is 3.52. The lowest BCUT2D eigenvalue weighted by Crippen LogP contribution is -2.36. The average molecular weight is 406 g/mol. The molecule has 0 heterocycles. The molecule has 5 heteroatoms. The Kier molecular flexibility index (Phi) is 6.11. The summed E-state index contributed by atoms with van der Waals surface area (Å²) in [5.74, 6) is -1.14. The lowest BCUT2D eigenvalue weighted by Gasteiger charge is -2.30. The molecule has 2 N–H and O–H groups in total. The second-order valence-corrected chi connectivity index (χ2v) is 7.95. The largest absolute Gasteiger partial charge is 0.507 e. The van der Waals surface area contributed by atoms with E-state index in [1.54, 1.807) is 39.0 Å². The van der Waals surface area contributed by atoms with Gasteiger partial charge in [-0.1, -0.05) is 62.4 Å². The summed E-state index contributed by atoms with van der Waals surface area (Å²) in [6, 6.07) is 12.8. The number of benzene rings is 2. The Morgan fingerprint density at radius 1 is 1.13 bits per heavy atom. The number of hydrogen-bond donors (Lipinski definition) is 2. The highest BCUT2D eigenvalue weighted by Gasteiger charge is 2.39. The van der Waals surface area contributed by atoms with Crippen LogP contribution in [0.25, 0.3) is 5.57 Å². The molecule has 1 atom stereocenters. The number of allylic oxidation sites excluding steroid dienone is 3. The molecule has 2 aromatic carbocycles. The van der Waals surface area contributed by atoms with Crippen molar-refractivity contribution in [2.24, 2.45) is 11.3 Å². The first-order chi connectivity index (χ1) is 14.2. The molecule has 2 aromatic rings. The van der Waals surface area contributed by atoms with Gasteiger partial charge >= 0.3 is 5.97 Å². The Labute approximate surface area is 176 Å². The van der Waals surface area contributed by atoms with Crippen LogP contribution >= 0.6 is 0 Å². The Hall–Kier alpha value is -3.34.